The standard InChI is InChI=1S/C19H20N6O/c1-25(2)18-15(6-4-8-22-18)12-23-19(26)14-5-3-7-16(11-14)24-17-13-20-9-10-21-17/h3-11,13H,12H2,1-2H3,(H,21,24)(H,23,26). The molecule has 2 heterocycles. The molecule has 0 aliphatic rings. The number of anilines is 3. The van der Waals surface area contributed by atoms with Crippen molar-refractivity contribution in [2.75, 3.05) is 24.3 Å². The minimum absolute atomic E-state index is 0.152. The van der Waals surface area contributed by atoms with Gasteiger partial charge in [0.1, 0.15) is 11.6 Å². The Morgan fingerprint density at radius 3 is 2.73 bits per heavy atom. The molecule has 2 N–H and O–H groups in total. The molecule has 0 atom stereocenters. The molecule has 1 amide bonds. The second-order valence-electron chi connectivity index (χ2n) is 5.86. The van der Waals surface area contributed by atoms with Crippen molar-refractivity contribution in [3.05, 3.63) is 72.3 Å². The summed E-state index contributed by atoms with van der Waals surface area (Å²) < 4.78 is 0. The van der Waals surface area contributed by atoms with Crippen LogP contribution in [0.15, 0.2) is 61.2 Å². The van der Waals surface area contributed by atoms with Crippen LogP contribution in [0.1, 0.15) is 15.9 Å². The van der Waals surface area contributed by atoms with Crippen molar-refractivity contribution < 1.29 is 4.79 Å². The Morgan fingerprint density at radius 2 is 1.96 bits per heavy atom. The molecule has 2 aromatic heterocycles. The zero-order valence-electron chi connectivity index (χ0n) is 14.7. The molecule has 0 saturated heterocycles. The van der Waals surface area contributed by atoms with Crippen molar-refractivity contribution in [2.45, 2.75) is 6.54 Å². The predicted molar refractivity (Wildman–Crippen MR) is 101 cm³/mol. The lowest BCUT2D eigenvalue weighted by Crippen LogP contribution is -2.24. The van der Waals surface area contributed by atoms with E-state index < -0.39 is 0 Å². The van der Waals surface area contributed by atoms with Crippen molar-refractivity contribution in [3.63, 3.8) is 0 Å². The van der Waals surface area contributed by atoms with E-state index in [2.05, 4.69) is 25.6 Å². The predicted octanol–water partition coefficient (Wildman–Crippen LogP) is 2.61. The van der Waals surface area contributed by atoms with Crippen molar-refractivity contribution in [1.82, 2.24) is 20.3 Å². The van der Waals surface area contributed by atoms with Crippen LogP contribution in [0.2, 0.25) is 0 Å². The van der Waals surface area contributed by atoms with Crippen LogP contribution in [0.25, 0.3) is 0 Å². The molecule has 7 nitrogen and oxygen atoms in total. The molecule has 0 aliphatic heterocycles. The summed E-state index contributed by atoms with van der Waals surface area (Å²) in [6.07, 6.45) is 6.57. The zero-order valence-corrected chi connectivity index (χ0v) is 14.7. The molecule has 0 unspecified atom stereocenters. The van der Waals surface area contributed by atoms with E-state index in [0.717, 1.165) is 17.1 Å². The van der Waals surface area contributed by atoms with Gasteiger partial charge in [0.25, 0.3) is 5.91 Å². The van der Waals surface area contributed by atoms with Gasteiger partial charge in [-0.15, -0.1) is 0 Å². The molecule has 7 heteroatoms. The third-order valence-electron chi connectivity index (χ3n) is 3.69. The van der Waals surface area contributed by atoms with Crippen LogP contribution in [-0.2, 0) is 6.54 Å². The molecule has 1 aromatic carbocycles. The maximum Gasteiger partial charge on any atom is 0.251 e. The maximum absolute atomic E-state index is 12.5. The van der Waals surface area contributed by atoms with E-state index >= 15 is 0 Å². The summed E-state index contributed by atoms with van der Waals surface area (Å²) in [7, 11) is 3.85. The topological polar surface area (TPSA) is 83.0 Å². The number of carbonyl (C=O) groups is 1. The lowest BCUT2D eigenvalue weighted by Gasteiger charge is -2.16. The van der Waals surface area contributed by atoms with Gasteiger partial charge in [0.05, 0.1) is 6.20 Å². The highest BCUT2D eigenvalue weighted by molar-refractivity contribution is 5.95. The first-order chi connectivity index (χ1) is 12.6. The molecule has 132 valence electrons. The Balaban J connectivity index is 1.68. The number of nitrogens with one attached hydrogen (secondary N) is 2. The average molecular weight is 348 g/mol. The molecule has 0 radical (unpaired) electrons. The zero-order chi connectivity index (χ0) is 18.4. The highest BCUT2D eigenvalue weighted by atomic mass is 16.1. The fraction of sp³-hybridized carbons (Fsp3) is 0.158. The summed E-state index contributed by atoms with van der Waals surface area (Å²) in [6.45, 7) is 0.405. The van der Waals surface area contributed by atoms with Gasteiger partial charge in [-0.3, -0.25) is 9.78 Å². The van der Waals surface area contributed by atoms with E-state index in [0.29, 0.717) is 17.9 Å². The molecule has 26 heavy (non-hydrogen) atoms. The summed E-state index contributed by atoms with van der Waals surface area (Å²) in [6, 6.07) is 11.1. The molecular formula is C19H20N6O. The first-order valence-electron chi connectivity index (χ1n) is 8.16. The number of aromatic nitrogens is 3. The lowest BCUT2D eigenvalue weighted by molar-refractivity contribution is 0.0951. The smallest absolute Gasteiger partial charge is 0.251 e. The van der Waals surface area contributed by atoms with Crippen molar-refractivity contribution in [2.24, 2.45) is 0 Å². The number of amides is 1. The number of hydrogen-bond donors (Lipinski definition) is 2. The molecule has 0 fully saturated rings. The second-order valence-corrected chi connectivity index (χ2v) is 5.86. The fourth-order valence-corrected chi connectivity index (χ4v) is 2.50. The van der Waals surface area contributed by atoms with Crippen LogP contribution in [0, 0.1) is 0 Å². The summed E-state index contributed by atoms with van der Waals surface area (Å²) in [5, 5.41) is 6.07. The van der Waals surface area contributed by atoms with Gasteiger partial charge in [0.2, 0.25) is 0 Å². The summed E-state index contributed by atoms with van der Waals surface area (Å²) in [5.41, 5.74) is 2.29. The quantitative estimate of drug-likeness (QED) is 0.712. The highest BCUT2D eigenvalue weighted by Crippen LogP contribution is 2.16. The Labute approximate surface area is 152 Å². The van der Waals surface area contributed by atoms with Crippen LogP contribution in [-0.4, -0.2) is 35.0 Å². The summed E-state index contributed by atoms with van der Waals surface area (Å²) in [5.74, 6) is 1.31. The van der Waals surface area contributed by atoms with Gasteiger partial charge in [-0.1, -0.05) is 12.1 Å². The van der Waals surface area contributed by atoms with Gasteiger partial charge < -0.3 is 15.5 Å². The van der Waals surface area contributed by atoms with E-state index in [1.165, 1.54) is 0 Å². The first-order valence-corrected chi connectivity index (χ1v) is 8.16. The van der Waals surface area contributed by atoms with Gasteiger partial charge >= 0.3 is 0 Å². The Hall–Kier alpha value is -3.48. The number of hydrogen-bond acceptors (Lipinski definition) is 6. The fourth-order valence-electron chi connectivity index (χ4n) is 2.50. The average Bonchev–Trinajstić information content (AvgIpc) is 2.67. The van der Waals surface area contributed by atoms with Crippen LogP contribution in [0.4, 0.5) is 17.3 Å². The van der Waals surface area contributed by atoms with E-state index in [9.17, 15) is 4.79 Å². The van der Waals surface area contributed by atoms with E-state index in [1.807, 2.05) is 43.3 Å². The van der Waals surface area contributed by atoms with Crippen LogP contribution in [0.5, 0.6) is 0 Å². The van der Waals surface area contributed by atoms with E-state index in [4.69, 9.17) is 0 Å². The summed E-state index contributed by atoms with van der Waals surface area (Å²) in [4.78, 5) is 26.9. The molecule has 0 saturated carbocycles. The largest absolute Gasteiger partial charge is 0.362 e. The van der Waals surface area contributed by atoms with Crippen molar-refractivity contribution in [3.8, 4) is 0 Å². The lowest BCUT2D eigenvalue weighted by atomic mass is 10.1. The first kappa shape index (κ1) is 17.3. The Kier molecular flexibility index (Phi) is 5.38. The Bertz CT molecular complexity index is 882. The molecular weight excluding hydrogens is 328 g/mol. The monoisotopic (exact) mass is 348 g/mol. The minimum atomic E-state index is -0.152. The van der Waals surface area contributed by atoms with Crippen LogP contribution in [0.3, 0.4) is 0 Å². The van der Waals surface area contributed by atoms with Crippen LogP contribution >= 0.6 is 0 Å². The normalized spacial score (nSPS) is 10.2. The van der Waals surface area contributed by atoms with Crippen molar-refractivity contribution >= 4 is 23.2 Å². The minimum Gasteiger partial charge on any atom is -0.362 e. The molecule has 0 aliphatic carbocycles. The van der Waals surface area contributed by atoms with Gasteiger partial charge in [-0.2, -0.15) is 0 Å². The van der Waals surface area contributed by atoms with Gasteiger partial charge in [-0.05, 0) is 24.3 Å². The molecule has 3 rings (SSSR count). The maximum atomic E-state index is 12.5. The van der Waals surface area contributed by atoms with E-state index in [1.54, 1.807) is 36.9 Å². The number of carbonyl (C=O) groups excluding carboxylic acids is 1. The van der Waals surface area contributed by atoms with Gasteiger partial charge in [0.15, 0.2) is 0 Å². The number of nitrogens with zero attached hydrogens (tertiary/aromatic N) is 4. The SMILES string of the molecule is CN(C)c1ncccc1CNC(=O)c1cccc(Nc2cnccn2)c1. The molecule has 0 spiro atoms. The number of pyridine rings is 1. The second kappa shape index (κ2) is 8.06. The third-order valence-corrected chi connectivity index (χ3v) is 3.69. The van der Waals surface area contributed by atoms with Gasteiger partial charge in [-0.25, -0.2) is 9.97 Å². The summed E-state index contributed by atoms with van der Waals surface area (Å²) >= 11 is 0. The van der Waals surface area contributed by atoms with Crippen LogP contribution < -0.4 is 15.5 Å². The third kappa shape index (κ3) is 4.32. The van der Waals surface area contributed by atoms with Crippen molar-refractivity contribution in [1.29, 1.82) is 0 Å². The van der Waals surface area contributed by atoms with Gasteiger partial charge in [0, 0.05) is 56.0 Å². The highest BCUT2D eigenvalue weighted by Gasteiger charge is 2.10. The molecule has 3 aromatic rings. The van der Waals surface area contributed by atoms with E-state index in [-0.39, 0.29) is 5.91 Å². The Morgan fingerprint density at radius 1 is 1.08 bits per heavy atom. The number of benzene rings is 1. The molecule has 0 bridgehead atoms. The number of rotatable bonds is 6.